The molecular formula is C9H6FNO2. The van der Waals surface area contributed by atoms with Gasteiger partial charge in [0.25, 0.3) is 0 Å². The third kappa shape index (κ3) is 1.56. The number of benzene rings is 1. The van der Waals surface area contributed by atoms with Gasteiger partial charge in [0.2, 0.25) is 5.90 Å². The molecule has 0 fully saturated rings. The number of aliphatic imine (C=N–C) groups is 1. The molecule has 0 amide bonds. The van der Waals surface area contributed by atoms with Crippen LogP contribution in [0.15, 0.2) is 29.3 Å². The van der Waals surface area contributed by atoms with E-state index in [1.165, 1.54) is 12.1 Å². The Morgan fingerprint density at radius 3 is 2.92 bits per heavy atom. The zero-order valence-electron chi connectivity index (χ0n) is 6.66. The van der Waals surface area contributed by atoms with Crippen molar-refractivity contribution in [2.45, 2.75) is 0 Å². The number of esters is 1. The fourth-order valence-corrected chi connectivity index (χ4v) is 1.08. The number of hydrogen-bond acceptors (Lipinski definition) is 3. The normalized spacial score (nSPS) is 15.5. The van der Waals surface area contributed by atoms with Gasteiger partial charge in [-0.1, -0.05) is 6.07 Å². The summed E-state index contributed by atoms with van der Waals surface area (Å²) in [5, 5.41) is 0. The molecule has 0 saturated carbocycles. The van der Waals surface area contributed by atoms with Gasteiger partial charge < -0.3 is 4.74 Å². The van der Waals surface area contributed by atoms with Crippen LogP contribution < -0.4 is 0 Å². The van der Waals surface area contributed by atoms with E-state index in [9.17, 15) is 9.18 Å². The molecule has 0 aliphatic carbocycles. The third-order valence-electron chi connectivity index (χ3n) is 1.63. The van der Waals surface area contributed by atoms with Crippen molar-refractivity contribution in [1.29, 1.82) is 0 Å². The van der Waals surface area contributed by atoms with Crippen LogP contribution in [-0.2, 0) is 9.53 Å². The van der Waals surface area contributed by atoms with Crippen molar-refractivity contribution in [2.24, 2.45) is 4.99 Å². The molecule has 0 atom stereocenters. The number of cyclic esters (lactones) is 1. The Morgan fingerprint density at radius 1 is 1.46 bits per heavy atom. The Labute approximate surface area is 73.9 Å². The van der Waals surface area contributed by atoms with Gasteiger partial charge in [0.05, 0.1) is 0 Å². The predicted octanol–water partition coefficient (Wildman–Crippen LogP) is 1.13. The first-order chi connectivity index (χ1) is 6.25. The zero-order chi connectivity index (χ0) is 9.26. The number of ether oxygens (including phenoxy) is 1. The molecule has 0 bridgehead atoms. The van der Waals surface area contributed by atoms with Crippen molar-refractivity contribution in [3.8, 4) is 0 Å². The van der Waals surface area contributed by atoms with Gasteiger partial charge in [-0.2, -0.15) is 0 Å². The maximum atomic E-state index is 12.7. The standard InChI is InChI=1S/C9H6FNO2/c10-7-3-1-2-6(4-7)9-11-5-8(12)13-9/h1-4H,5H2. The van der Waals surface area contributed by atoms with E-state index in [1.807, 2.05) is 0 Å². The fraction of sp³-hybridized carbons (Fsp3) is 0.111. The van der Waals surface area contributed by atoms with E-state index in [4.69, 9.17) is 4.74 Å². The van der Waals surface area contributed by atoms with Crippen molar-refractivity contribution < 1.29 is 13.9 Å². The van der Waals surface area contributed by atoms with E-state index in [-0.39, 0.29) is 18.3 Å². The summed E-state index contributed by atoms with van der Waals surface area (Å²) < 4.78 is 17.5. The molecule has 0 unspecified atom stereocenters. The van der Waals surface area contributed by atoms with E-state index >= 15 is 0 Å². The summed E-state index contributed by atoms with van der Waals surface area (Å²) in [5.74, 6) is -0.577. The molecule has 2 rings (SSSR count). The quantitative estimate of drug-likeness (QED) is 0.606. The molecule has 0 saturated heterocycles. The number of hydrogen-bond donors (Lipinski definition) is 0. The van der Waals surface area contributed by atoms with Crippen LogP contribution in [0.4, 0.5) is 4.39 Å². The van der Waals surface area contributed by atoms with Gasteiger partial charge in [-0.3, -0.25) is 0 Å². The Hall–Kier alpha value is -1.71. The average molecular weight is 179 g/mol. The first kappa shape index (κ1) is 7.91. The van der Waals surface area contributed by atoms with Gasteiger partial charge in [-0.15, -0.1) is 0 Å². The predicted molar refractivity (Wildman–Crippen MR) is 43.9 cm³/mol. The van der Waals surface area contributed by atoms with Gasteiger partial charge in [0.1, 0.15) is 12.4 Å². The summed E-state index contributed by atoms with van der Waals surface area (Å²) in [6, 6.07) is 5.78. The van der Waals surface area contributed by atoms with Gasteiger partial charge in [0, 0.05) is 5.56 Å². The van der Waals surface area contributed by atoms with Crippen molar-refractivity contribution >= 4 is 11.9 Å². The molecule has 0 radical (unpaired) electrons. The maximum absolute atomic E-state index is 12.7. The van der Waals surface area contributed by atoms with Crippen LogP contribution >= 0.6 is 0 Å². The van der Waals surface area contributed by atoms with E-state index in [0.717, 1.165) is 0 Å². The second-order valence-electron chi connectivity index (χ2n) is 2.61. The van der Waals surface area contributed by atoms with Crippen LogP contribution in [0, 0.1) is 5.82 Å². The molecule has 66 valence electrons. The highest BCUT2D eigenvalue weighted by molar-refractivity contribution is 6.04. The number of rotatable bonds is 1. The van der Waals surface area contributed by atoms with Crippen LogP contribution in [0.25, 0.3) is 0 Å². The SMILES string of the molecule is O=C1CN=C(c2cccc(F)c2)O1. The molecule has 1 aliphatic rings. The largest absolute Gasteiger partial charge is 0.406 e. The van der Waals surface area contributed by atoms with Gasteiger partial charge in [-0.25, -0.2) is 14.2 Å². The van der Waals surface area contributed by atoms with Crippen molar-refractivity contribution in [3.05, 3.63) is 35.6 Å². The van der Waals surface area contributed by atoms with Crippen LogP contribution in [0.3, 0.4) is 0 Å². The van der Waals surface area contributed by atoms with Crippen LogP contribution in [0.5, 0.6) is 0 Å². The van der Waals surface area contributed by atoms with E-state index in [0.29, 0.717) is 5.56 Å². The minimum atomic E-state index is -0.403. The molecule has 0 spiro atoms. The minimum Gasteiger partial charge on any atom is -0.406 e. The summed E-state index contributed by atoms with van der Waals surface area (Å²) in [5.41, 5.74) is 0.492. The number of carbonyl (C=O) groups excluding carboxylic acids is 1. The number of carbonyl (C=O) groups is 1. The van der Waals surface area contributed by atoms with Gasteiger partial charge in [0.15, 0.2) is 0 Å². The number of halogens is 1. The molecule has 4 heteroatoms. The van der Waals surface area contributed by atoms with Crippen molar-refractivity contribution in [3.63, 3.8) is 0 Å². The molecular weight excluding hydrogens is 173 g/mol. The second-order valence-corrected chi connectivity index (χ2v) is 2.61. The van der Waals surface area contributed by atoms with Gasteiger partial charge in [-0.05, 0) is 18.2 Å². The molecule has 13 heavy (non-hydrogen) atoms. The van der Waals surface area contributed by atoms with Crippen LogP contribution in [0.1, 0.15) is 5.56 Å². The van der Waals surface area contributed by atoms with E-state index in [1.54, 1.807) is 12.1 Å². The maximum Gasteiger partial charge on any atom is 0.334 e. The minimum absolute atomic E-state index is 0.0197. The molecule has 0 aromatic heterocycles. The summed E-state index contributed by atoms with van der Waals surface area (Å²) >= 11 is 0. The highest BCUT2D eigenvalue weighted by atomic mass is 19.1. The third-order valence-corrected chi connectivity index (χ3v) is 1.63. The summed E-state index contributed by atoms with van der Waals surface area (Å²) in [4.78, 5) is 14.5. The van der Waals surface area contributed by atoms with E-state index < -0.39 is 5.97 Å². The topological polar surface area (TPSA) is 38.7 Å². The summed E-state index contributed by atoms with van der Waals surface area (Å²) in [6.07, 6.45) is 0. The lowest BCUT2D eigenvalue weighted by atomic mass is 10.2. The first-order valence-corrected chi connectivity index (χ1v) is 3.77. The zero-order valence-corrected chi connectivity index (χ0v) is 6.66. The Kier molecular flexibility index (Phi) is 1.81. The second kappa shape index (κ2) is 2.97. The molecule has 3 nitrogen and oxygen atoms in total. The average Bonchev–Trinajstić information content (AvgIpc) is 2.52. The van der Waals surface area contributed by atoms with Crippen LogP contribution in [-0.4, -0.2) is 18.4 Å². The molecule has 1 aliphatic heterocycles. The Balaban J connectivity index is 2.31. The highest BCUT2D eigenvalue weighted by Crippen LogP contribution is 2.09. The molecule has 1 aromatic carbocycles. The Bertz CT molecular complexity index is 387. The summed E-state index contributed by atoms with van der Waals surface area (Å²) in [7, 11) is 0. The lowest BCUT2D eigenvalue weighted by molar-refractivity contribution is -0.132. The first-order valence-electron chi connectivity index (χ1n) is 3.77. The van der Waals surface area contributed by atoms with Crippen LogP contribution in [0.2, 0.25) is 0 Å². The van der Waals surface area contributed by atoms with Crippen molar-refractivity contribution in [2.75, 3.05) is 6.54 Å². The molecule has 1 heterocycles. The molecule has 0 N–H and O–H groups in total. The molecule has 1 aromatic rings. The fourth-order valence-electron chi connectivity index (χ4n) is 1.08. The summed E-state index contributed by atoms with van der Waals surface area (Å²) in [6.45, 7) is 0.0197. The number of nitrogens with zero attached hydrogens (tertiary/aromatic N) is 1. The van der Waals surface area contributed by atoms with Crippen molar-refractivity contribution in [1.82, 2.24) is 0 Å². The lowest BCUT2D eigenvalue weighted by Crippen LogP contribution is -2.05. The lowest BCUT2D eigenvalue weighted by Gasteiger charge is -1.98. The Morgan fingerprint density at radius 2 is 2.31 bits per heavy atom. The monoisotopic (exact) mass is 179 g/mol. The van der Waals surface area contributed by atoms with Gasteiger partial charge >= 0.3 is 5.97 Å². The smallest absolute Gasteiger partial charge is 0.334 e. The van der Waals surface area contributed by atoms with E-state index in [2.05, 4.69) is 4.99 Å². The highest BCUT2D eigenvalue weighted by Gasteiger charge is 2.17.